The molecule has 1 rings (SSSR count). The van der Waals surface area contributed by atoms with Crippen molar-refractivity contribution < 1.29 is 0 Å². The highest BCUT2D eigenvalue weighted by Crippen LogP contribution is 2.29. The lowest BCUT2D eigenvalue weighted by Crippen LogP contribution is -2.04. The Kier molecular flexibility index (Phi) is 5.81. The first kappa shape index (κ1) is 11.7. The molecule has 0 saturated heterocycles. The van der Waals surface area contributed by atoms with Gasteiger partial charge in [0.25, 0.3) is 0 Å². The summed E-state index contributed by atoms with van der Waals surface area (Å²) < 4.78 is 0. The summed E-state index contributed by atoms with van der Waals surface area (Å²) in [5.41, 5.74) is 0. The van der Waals surface area contributed by atoms with Crippen molar-refractivity contribution in [3.05, 3.63) is 4.91 Å². The van der Waals surface area contributed by atoms with E-state index < -0.39 is 0 Å². The van der Waals surface area contributed by atoms with E-state index in [-0.39, 0.29) is 6.04 Å². The third-order valence-electron chi connectivity index (χ3n) is 3.40. The summed E-state index contributed by atoms with van der Waals surface area (Å²) in [5.74, 6) is 0.962. The maximum absolute atomic E-state index is 10.5. The van der Waals surface area contributed by atoms with Crippen molar-refractivity contribution in [3.8, 4) is 0 Å². The molecule has 0 bridgehead atoms. The van der Waals surface area contributed by atoms with Crippen molar-refractivity contribution in [3.63, 3.8) is 0 Å². The van der Waals surface area contributed by atoms with E-state index in [0.29, 0.717) is 0 Å². The molecule has 0 heterocycles. The fourth-order valence-corrected chi connectivity index (χ4v) is 2.52. The molecule has 0 aliphatic heterocycles. The average molecular weight is 197 g/mol. The van der Waals surface area contributed by atoms with Gasteiger partial charge in [0.1, 0.15) is 0 Å². The van der Waals surface area contributed by atoms with Crippen LogP contribution in [0.3, 0.4) is 0 Å². The first-order valence-electron chi connectivity index (χ1n) is 6.19. The minimum absolute atomic E-state index is 0.0985. The molecule has 1 fully saturated rings. The molecule has 0 radical (unpaired) electrons. The summed E-state index contributed by atoms with van der Waals surface area (Å²) in [7, 11) is 0. The zero-order valence-corrected chi connectivity index (χ0v) is 9.37. The molecule has 0 aromatic heterocycles. The third kappa shape index (κ3) is 4.21. The lowest BCUT2D eigenvalue weighted by molar-refractivity contribution is 0.443. The second-order valence-corrected chi connectivity index (χ2v) is 4.63. The summed E-state index contributed by atoms with van der Waals surface area (Å²) in [6.07, 6.45) is 11.3. The van der Waals surface area contributed by atoms with Crippen LogP contribution < -0.4 is 0 Å². The molecule has 1 aliphatic carbocycles. The maximum Gasteiger partial charge on any atom is 0.0919 e. The average Bonchev–Trinajstić information content (AvgIpc) is 2.69. The second kappa shape index (κ2) is 6.97. The first-order valence-corrected chi connectivity index (χ1v) is 6.19. The standard InChI is InChI=1S/C12H23NO/c1-2-6-12(13-14)10-5-9-11-7-3-4-8-11/h11-12H,2-10H2,1H3. The Bertz CT molecular complexity index is 152. The van der Waals surface area contributed by atoms with E-state index in [0.717, 1.165) is 25.2 Å². The fourth-order valence-electron chi connectivity index (χ4n) is 2.52. The fraction of sp³-hybridized carbons (Fsp3) is 1.00. The topological polar surface area (TPSA) is 29.4 Å². The SMILES string of the molecule is CCCC(CCCC1CCCC1)N=O. The Morgan fingerprint density at radius 1 is 1.29 bits per heavy atom. The highest BCUT2D eigenvalue weighted by atomic mass is 16.3. The van der Waals surface area contributed by atoms with Gasteiger partial charge in [0, 0.05) is 0 Å². The molecule has 2 nitrogen and oxygen atoms in total. The number of nitroso groups, excluding NO2 is 1. The molecule has 2 heteroatoms. The van der Waals surface area contributed by atoms with E-state index in [2.05, 4.69) is 12.1 Å². The lowest BCUT2D eigenvalue weighted by Gasteiger charge is -2.10. The molecule has 0 aromatic carbocycles. The Morgan fingerprint density at radius 2 is 2.00 bits per heavy atom. The van der Waals surface area contributed by atoms with E-state index in [9.17, 15) is 4.91 Å². The van der Waals surface area contributed by atoms with Crippen molar-refractivity contribution in [2.24, 2.45) is 11.1 Å². The molecule has 0 spiro atoms. The highest BCUT2D eigenvalue weighted by Gasteiger charge is 2.15. The molecule has 0 aromatic rings. The smallest absolute Gasteiger partial charge is 0.0919 e. The van der Waals surface area contributed by atoms with Crippen LogP contribution in [0.15, 0.2) is 5.18 Å². The van der Waals surface area contributed by atoms with Gasteiger partial charge in [-0.2, -0.15) is 4.91 Å². The molecular formula is C12H23NO. The minimum atomic E-state index is 0.0985. The molecule has 82 valence electrons. The summed E-state index contributed by atoms with van der Waals surface area (Å²) in [6, 6.07) is 0.0985. The van der Waals surface area contributed by atoms with Crippen molar-refractivity contribution in [1.82, 2.24) is 0 Å². The van der Waals surface area contributed by atoms with E-state index in [4.69, 9.17) is 0 Å². The van der Waals surface area contributed by atoms with Crippen LogP contribution in [0.25, 0.3) is 0 Å². The molecule has 1 aliphatic rings. The van der Waals surface area contributed by atoms with E-state index in [1.54, 1.807) is 0 Å². The van der Waals surface area contributed by atoms with Gasteiger partial charge in [-0.3, -0.25) is 0 Å². The molecule has 0 N–H and O–H groups in total. The van der Waals surface area contributed by atoms with Crippen LogP contribution in [-0.2, 0) is 0 Å². The normalized spacial score (nSPS) is 19.8. The van der Waals surface area contributed by atoms with Crippen LogP contribution in [0.1, 0.15) is 64.7 Å². The Hall–Kier alpha value is -0.400. The Labute approximate surface area is 87.4 Å². The lowest BCUT2D eigenvalue weighted by atomic mass is 9.97. The maximum atomic E-state index is 10.5. The van der Waals surface area contributed by atoms with Crippen LogP contribution in [0.4, 0.5) is 0 Å². The van der Waals surface area contributed by atoms with Crippen molar-refractivity contribution in [2.45, 2.75) is 70.8 Å². The first-order chi connectivity index (χ1) is 6.86. The molecule has 0 amide bonds. The van der Waals surface area contributed by atoms with Crippen LogP contribution in [0.5, 0.6) is 0 Å². The van der Waals surface area contributed by atoms with Crippen molar-refractivity contribution in [2.75, 3.05) is 0 Å². The van der Waals surface area contributed by atoms with Gasteiger partial charge in [-0.15, -0.1) is 0 Å². The number of hydrogen-bond donors (Lipinski definition) is 0. The van der Waals surface area contributed by atoms with Crippen LogP contribution in [-0.4, -0.2) is 6.04 Å². The van der Waals surface area contributed by atoms with Gasteiger partial charge in [-0.1, -0.05) is 57.0 Å². The highest BCUT2D eigenvalue weighted by molar-refractivity contribution is 4.70. The molecular weight excluding hydrogens is 174 g/mol. The summed E-state index contributed by atoms with van der Waals surface area (Å²) in [6.45, 7) is 2.12. The number of hydrogen-bond acceptors (Lipinski definition) is 2. The minimum Gasteiger partial charge on any atom is -0.151 e. The predicted octanol–water partition coefficient (Wildman–Crippen LogP) is 4.28. The second-order valence-electron chi connectivity index (χ2n) is 4.63. The Morgan fingerprint density at radius 3 is 2.57 bits per heavy atom. The molecule has 14 heavy (non-hydrogen) atoms. The van der Waals surface area contributed by atoms with Crippen LogP contribution in [0.2, 0.25) is 0 Å². The summed E-state index contributed by atoms with van der Waals surface area (Å²) >= 11 is 0. The predicted molar refractivity (Wildman–Crippen MR) is 60.3 cm³/mol. The van der Waals surface area contributed by atoms with Gasteiger partial charge >= 0.3 is 0 Å². The summed E-state index contributed by atoms with van der Waals surface area (Å²) in [5, 5.41) is 3.19. The van der Waals surface area contributed by atoms with Crippen molar-refractivity contribution >= 4 is 0 Å². The van der Waals surface area contributed by atoms with E-state index in [1.165, 1.54) is 38.5 Å². The number of nitrogens with zero attached hydrogens (tertiary/aromatic N) is 1. The van der Waals surface area contributed by atoms with Gasteiger partial charge in [0.05, 0.1) is 6.04 Å². The van der Waals surface area contributed by atoms with Gasteiger partial charge in [-0.05, 0) is 18.8 Å². The largest absolute Gasteiger partial charge is 0.151 e. The monoisotopic (exact) mass is 197 g/mol. The molecule has 1 saturated carbocycles. The van der Waals surface area contributed by atoms with Gasteiger partial charge in [0.2, 0.25) is 0 Å². The zero-order valence-electron chi connectivity index (χ0n) is 9.37. The van der Waals surface area contributed by atoms with Crippen LogP contribution >= 0.6 is 0 Å². The number of rotatable bonds is 7. The van der Waals surface area contributed by atoms with Gasteiger partial charge < -0.3 is 0 Å². The van der Waals surface area contributed by atoms with E-state index in [1.807, 2.05) is 0 Å². The molecule has 1 unspecified atom stereocenters. The van der Waals surface area contributed by atoms with Crippen LogP contribution in [0, 0.1) is 10.8 Å². The summed E-state index contributed by atoms with van der Waals surface area (Å²) in [4.78, 5) is 10.5. The molecule has 1 atom stereocenters. The van der Waals surface area contributed by atoms with E-state index >= 15 is 0 Å². The van der Waals surface area contributed by atoms with Gasteiger partial charge in [-0.25, -0.2) is 0 Å². The zero-order chi connectivity index (χ0) is 10.2. The van der Waals surface area contributed by atoms with Gasteiger partial charge in [0.15, 0.2) is 0 Å². The quantitative estimate of drug-likeness (QED) is 0.560. The Balaban J connectivity index is 2.03. The van der Waals surface area contributed by atoms with Crippen molar-refractivity contribution in [1.29, 1.82) is 0 Å². The third-order valence-corrected chi connectivity index (χ3v) is 3.40.